The molecule has 1 atom stereocenters. The molecule has 0 amide bonds. The molecule has 0 fully saturated rings. The van der Waals surface area contributed by atoms with Crippen LogP contribution in [0.15, 0.2) is 12.4 Å². The average Bonchev–Trinajstić information content (AvgIpc) is 2.27. The van der Waals surface area contributed by atoms with Gasteiger partial charge in [-0.15, -0.1) is 0 Å². The Morgan fingerprint density at radius 1 is 1.33 bits per heavy atom. The number of anilines is 2. The monoisotopic (exact) mass is 226 g/mol. The zero-order chi connectivity index (χ0) is 11.1. The second-order valence-electron chi connectivity index (χ2n) is 3.25. The normalized spacial score (nSPS) is 12.2. The molecule has 0 saturated carbocycles. The van der Waals surface area contributed by atoms with Crippen LogP contribution in [-0.2, 0) is 0 Å². The number of nitrogens with zero attached hydrogens (tertiary/aromatic N) is 2. The fraction of sp³-hybridized carbons (Fsp3) is 0.600. The molecule has 5 heteroatoms. The van der Waals surface area contributed by atoms with E-state index in [0.29, 0.717) is 5.25 Å². The molecule has 0 spiro atoms. The summed E-state index contributed by atoms with van der Waals surface area (Å²) in [5.74, 6) is 1.74. The summed E-state index contributed by atoms with van der Waals surface area (Å²) in [6.45, 7) is 6.02. The van der Waals surface area contributed by atoms with Crippen molar-refractivity contribution >= 4 is 23.4 Å². The molecule has 1 heterocycles. The van der Waals surface area contributed by atoms with Gasteiger partial charge in [0.2, 0.25) is 0 Å². The lowest BCUT2D eigenvalue weighted by Crippen LogP contribution is -2.13. The van der Waals surface area contributed by atoms with Crippen molar-refractivity contribution < 1.29 is 0 Å². The first-order chi connectivity index (χ1) is 7.26. The summed E-state index contributed by atoms with van der Waals surface area (Å²) in [6, 6.07) is 1.93. The van der Waals surface area contributed by atoms with E-state index in [4.69, 9.17) is 0 Å². The SMILES string of the molecule is CCNc1cc(NCC(C)SC)ncn1. The molecule has 84 valence electrons. The lowest BCUT2D eigenvalue weighted by Gasteiger charge is -2.10. The van der Waals surface area contributed by atoms with Crippen molar-refractivity contribution in [2.75, 3.05) is 30.0 Å². The Hall–Kier alpha value is -0.970. The van der Waals surface area contributed by atoms with E-state index >= 15 is 0 Å². The Labute approximate surface area is 95.3 Å². The molecule has 0 aliphatic rings. The molecular formula is C10H18N4S. The molecule has 0 radical (unpaired) electrons. The first kappa shape index (κ1) is 12.1. The second-order valence-corrected chi connectivity index (χ2v) is 4.52. The Morgan fingerprint density at radius 3 is 2.60 bits per heavy atom. The van der Waals surface area contributed by atoms with Crippen molar-refractivity contribution in [1.29, 1.82) is 0 Å². The van der Waals surface area contributed by atoms with Crippen molar-refractivity contribution in [3.63, 3.8) is 0 Å². The van der Waals surface area contributed by atoms with Gasteiger partial charge in [-0.1, -0.05) is 6.92 Å². The largest absolute Gasteiger partial charge is 0.370 e. The van der Waals surface area contributed by atoms with E-state index in [1.54, 1.807) is 6.33 Å². The van der Waals surface area contributed by atoms with E-state index in [1.807, 2.05) is 24.8 Å². The third-order valence-electron chi connectivity index (χ3n) is 2.00. The number of nitrogens with one attached hydrogen (secondary N) is 2. The van der Waals surface area contributed by atoms with Crippen LogP contribution in [0.4, 0.5) is 11.6 Å². The highest BCUT2D eigenvalue weighted by Crippen LogP contribution is 2.10. The number of hydrogen-bond donors (Lipinski definition) is 2. The van der Waals surface area contributed by atoms with E-state index in [1.165, 1.54) is 0 Å². The fourth-order valence-electron chi connectivity index (χ4n) is 1.06. The number of rotatable bonds is 6. The van der Waals surface area contributed by atoms with E-state index in [9.17, 15) is 0 Å². The molecule has 1 rings (SSSR count). The van der Waals surface area contributed by atoms with E-state index in [-0.39, 0.29) is 0 Å². The van der Waals surface area contributed by atoms with Crippen molar-refractivity contribution in [2.45, 2.75) is 19.1 Å². The van der Waals surface area contributed by atoms with Crippen LogP contribution < -0.4 is 10.6 Å². The highest BCUT2D eigenvalue weighted by molar-refractivity contribution is 7.99. The summed E-state index contributed by atoms with van der Waals surface area (Å²) < 4.78 is 0. The maximum atomic E-state index is 4.16. The van der Waals surface area contributed by atoms with Gasteiger partial charge in [0.1, 0.15) is 18.0 Å². The zero-order valence-corrected chi connectivity index (χ0v) is 10.3. The lowest BCUT2D eigenvalue weighted by atomic mass is 10.4. The Balaban J connectivity index is 2.50. The van der Waals surface area contributed by atoms with Crippen LogP contribution in [0, 0.1) is 0 Å². The van der Waals surface area contributed by atoms with Crippen molar-refractivity contribution in [3.05, 3.63) is 12.4 Å². The topological polar surface area (TPSA) is 49.8 Å². The average molecular weight is 226 g/mol. The van der Waals surface area contributed by atoms with Gasteiger partial charge in [-0.3, -0.25) is 0 Å². The molecule has 0 bridgehead atoms. The number of hydrogen-bond acceptors (Lipinski definition) is 5. The van der Waals surface area contributed by atoms with Crippen LogP contribution in [0.25, 0.3) is 0 Å². The van der Waals surface area contributed by atoms with Crippen LogP contribution >= 0.6 is 11.8 Å². The van der Waals surface area contributed by atoms with Gasteiger partial charge in [0, 0.05) is 24.4 Å². The molecule has 4 nitrogen and oxygen atoms in total. The highest BCUT2D eigenvalue weighted by atomic mass is 32.2. The highest BCUT2D eigenvalue weighted by Gasteiger charge is 2.00. The summed E-state index contributed by atoms with van der Waals surface area (Å²) in [5, 5.41) is 7.02. The summed E-state index contributed by atoms with van der Waals surface area (Å²) >= 11 is 1.84. The minimum absolute atomic E-state index is 0.586. The molecule has 1 aromatic rings. The minimum atomic E-state index is 0.586. The van der Waals surface area contributed by atoms with Crippen LogP contribution in [0.5, 0.6) is 0 Å². The summed E-state index contributed by atoms with van der Waals surface area (Å²) in [5.41, 5.74) is 0. The summed E-state index contributed by atoms with van der Waals surface area (Å²) in [6.07, 6.45) is 3.68. The molecular weight excluding hydrogens is 208 g/mol. The predicted octanol–water partition coefficient (Wildman–Crippen LogP) is 2.07. The van der Waals surface area contributed by atoms with Crippen molar-refractivity contribution in [3.8, 4) is 0 Å². The maximum absolute atomic E-state index is 4.16. The van der Waals surface area contributed by atoms with Gasteiger partial charge in [0.05, 0.1) is 0 Å². The van der Waals surface area contributed by atoms with Gasteiger partial charge in [0.25, 0.3) is 0 Å². The number of thioether (sulfide) groups is 1. The van der Waals surface area contributed by atoms with Gasteiger partial charge >= 0.3 is 0 Å². The van der Waals surface area contributed by atoms with Crippen LogP contribution in [-0.4, -0.2) is 34.6 Å². The molecule has 1 aromatic heterocycles. The van der Waals surface area contributed by atoms with E-state index in [2.05, 4.69) is 33.8 Å². The van der Waals surface area contributed by atoms with Gasteiger partial charge in [-0.05, 0) is 13.2 Å². The minimum Gasteiger partial charge on any atom is -0.370 e. The van der Waals surface area contributed by atoms with Gasteiger partial charge in [-0.2, -0.15) is 11.8 Å². The van der Waals surface area contributed by atoms with Crippen LogP contribution in [0.2, 0.25) is 0 Å². The van der Waals surface area contributed by atoms with Crippen LogP contribution in [0.3, 0.4) is 0 Å². The van der Waals surface area contributed by atoms with Crippen molar-refractivity contribution in [1.82, 2.24) is 9.97 Å². The molecule has 1 unspecified atom stereocenters. The van der Waals surface area contributed by atoms with Crippen molar-refractivity contribution in [2.24, 2.45) is 0 Å². The lowest BCUT2D eigenvalue weighted by molar-refractivity contribution is 0.984. The molecule has 0 aliphatic carbocycles. The maximum Gasteiger partial charge on any atom is 0.131 e. The third kappa shape index (κ3) is 4.38. The molecule has 0 aromatic carbocycles. The molecule has 0 saturated heterocycles. The quantitative estimate of drug-likeness (QED) is 0.777. The smallest absolute Gasteiger partial charge is 0.131 e. The van der Waals surface area contributed by atoms with E-state index in [0.717, 1.165) is 24.7 Å². The fourth-order valence-corrected chi connectivity index (χ4v) is 1.31. The predicted molar refractivity (Wildman–Crippen MR) is 67.7 cm³/mol. The van der Waals surface area contributed by atoms with Gasteiger partial charge in [0.15, 0.2) is 0 Å². The third-order valence-corrected chi connectivity index (χ3v) is 2.97. The summed E-state index contributed by atoms with van der Waals surface area (Å²) in [7, 11) is 0. The number of aromatic nitrogens is 2. The van der Waals surface area contributed by atoms with Gasteiger partial charge in [-0.25, -0.2) is 9.97 Å². The van der Waals surface area contributed by atoms with Gasteiger partial charge < -0.3 is 10.6 Å². The summed E-state index contributed by atoms with van der Waals surface area (Å²) in [4.78, 5) is 8.27. The Bertz CT molecular complexity index is 293. The standard InChI is InChI=1S/C10H18N4S/c1-4-11-9-5-10(14-7-13-9)12-6-8(2)15-3/h5,7-8H,4,6H2,1-3H3,(H2,11,12,13,14). The second kappa shape index (κ2) is 6.50. The first-order valence-electron chi connectivity index (χ1n) is 5.08. The Kier molecular flexibility index (Phi) is 5.25. The Morgan fingerprint density at radius 2 is 2.00 bits per heavy atom. The van der Waals surface area contributed by atoms with E-state index < -0.39 is 0 Å². The zero-order valence-electron chi connectivity index (χ0n) is 9.45. The molecule has 15 heavy (non-hydrogen) atoms. The molecule has 2 N–H and O–H groups in total. The van der Waals surface area contributed by atoms with Crippen LogP contribution in [0.1, 0.15) is 13.8 Å². The first-order valence-corrected chi connectivity index (χ1v) is 6.37. The molecule has 0 aliphatic heterocycles.